The lowest BCUT2D eigenvalue weighted by Crippen LogP contribution is -2.58. The summed E-state index contributed by atoms with van der Waals surface area (Å²) >= 11 is 0. The van der Waals surface area contributed by atoms with Gasteiger partial charge in [-0.3, -0.25) is 0 Å². The molecule has 1 nitrogen and oxygen atoms in total. The topological polar surface area (TPSA) is 12.0 Å². The third-order valence-electron chi connectivity index (χ3n) is 15.4. The molecular formula is C63H95N. The van der Waals surface area contributed by atoms with Gasteiger partial charge in [0.15, 0.2) is 0 Å². The van der Waals surface area contributed by atoms with Gasteiger partial charge in [0.05, 0.1) is 0 Å². The van der Waals surface area contributed by atoms with Crippen LogP contribution in [0.4, 0.5) is 0 Å². The van der Waals surface area contributed by atoms with Crippen molar-refractivity contribution in [2.24, 2.45) is 57.2 Å². The summed E-state index contributed by atoms with van der Waals surface area (Å²) in [4.78, 5) is 0. The average molecular weight is 866 g/mol. The fourth-order valence-corrected chi connectivity index (χ4v) is 12.1. The van der Waals surface area contributed by atoms with E-state index in [4.69, 9.17) is 19.6 Å². The lowest BCUT2D eigenvalue weighted by molar-refractivity contribution is -0.0997. The molecule has 0 aromatic heterocycles. The molecule has 5 aliphatic rings. The maximum Gasteiger partial charge on any atom is 0.0484 e. The molecule has 0 radical (unpaired) electrons. The first kappa shape index (κ1) is 57.9. The summed E-state index contributed by atoms with van der Waals surface area (Å²) < 4.78 is 0. The van der Waals surface area contributed by atoms with Crippen LogP contribution in [0.1, 0.15) is 180 Å². The Bertz CT molecular complexity index is 1880. The predicted molar refractivity (Wildman–Crippen MR) is 288 cm³/mol. The van der Waals surface area contributed by atoms with Crippen molar-refractivity contribution in [2.75, 3.05) is 0 Å². The molecular weight excluding hydrogens is 771 g/mol. The highest BCUT2D eigenvalue weighted by atomic mass is 14.9. The lowest BCUT2D eigenvalue weighted by Gasteiger charge is -2.66. The molecule has 3 fully saturated rings. The molecule has 0 amide bonds. The molecule has 1 heteroatoms. The van der Waals surface area contributed by atoms with Crippen LogP contribution in [-0.2, 0) is 0 Å². The Hall–Kier alpha value is -4.12. The van der Waals surface area contributed by atoms with Crippen LogP contribution >= 0.6 is 0 Å². The summed E-state index contributed by atoms with van der Waals surface area (Å²) in [5.41, 5.74) is 12.5. The number of hydrogen-bond donors (Lipinski definition) is 1. The van der Waals surface area contributed by atoms with Crippen LogP contribution in [-0.4, -0.2) is 6.04 Å². The monoisotopic (exact) mass is 866 g/mol. The number of dihydropyridines is 1. The molecule has 64 heavy (non-hydrogen) atoms. The van der Waals surface area contributed by atoms with E-state index in [0.717, 1.165) is 56.8 Å². The maximum atomic E-state index is 6.83. The molecule has 2 bridgehead atoms. The van der Waals surface area contributed by atoms with E-state index in [0.29, 0.717) is 29.7 Å². The van der Waals surface area contributed by atoms with Gasteiger partial charge in [-0.25, -0.2) is 0 Å². The van der Waals surface area contributed by atoms with Crippen molar-refractivity contribution in [1.29, 1.82) is 0 Å². The van der Waals surface area contributed by atoms with Crippen molar-refractivity contribution < 1.29 is 0 Å². The van der Waals surface area contributed by atoms with Gasteiger partial charge < -0.3 is 5.32 Å². The first-order valence-corrected chi connectivity index (χ1v) is 24.8. The van der Waals surface area contributed by atoms with E-state index in [9.17, 15) is 0 Å². The summed E-state index contributed by atoms with van der Waals surface area (Å²) in [6.07, 6.45) is 40.2. The standard InChI is InChI=1S/C44H65N.C10H12.C3H8.C2H6.2C2H2/c1-15-44-24-34(19-28(4)20-35-21-29(5)22-36(45-35)25-41(9,10)11)31(7)40(42(44,12)13)38(18-27(2)3)32(8)43(14)30(6)23-33-16-17-37(33)39(43)26-44;1-3-9(2)10-7-5-4-6-8-10;1-3-2;3*1-2/h1,21-22,30,33-35,37-39,45H,2,4,8,16-20,23-26H2,3,5-7,9-14H3;4-8H,2-3H2,1H3;3H2,1-2H3;1-2H3;2*1-2H/t30?,33?,34-,35?,37?,38?,39?,43?,44?;;;;;/m0...../s1. The van der Waals surface area contributed by atoms with Crippen LogP contribution in [0.5, 0.6) is 0 Å². The average Bonchev–Trinajstić information content (AvgIpc) is 3.23. The highest BCUT2D eigenvalue weighted by Gasteiger charge is 2.63. The Morgan fingerprint density at radius 2 is 1.47 bits per heavy atom. The number of benzene rings is 1. The van der Waals surface area contributed by atoms with Gasteiger partial charge in [0, 0.05) is 28.5 Å². The Labute approximate surface area is 398 Å². The molecule has 6 rings (SSSR count). The Kier molecular flexibility index (Phi) is 23.1. The van der Waals surface area contributed by atoms with Crippen molar-refractivity contribution >= 4 is 5.57 Å². The van der Waals surface area contributed by atoms with Gasteiger partial charge >= 0.3 is 0 Å². The number of nitrogens with one attached hydrogen (secondary N) is 1. The molecule has 1 aromatic carbocycles. The molecule has 1 heterocycles. The van der Waals surface area contributed by atoms with Crippen LogP contribution < -0.4 is 5.32 Å². The zero-order valence-corrected chi connectivity index (χ0v) is 44.1. The second kappa shape index (κ2) is 25.5. The third kappa shape index (κ3) is 13.5. The minimum absolute atomic E-state index is 0.0919. The second-order valence-corrected chi connectivity index (χ2v) is 21.6. The van der Waals surface area contributed by atoms with Gasteiger partial charge in [0.1, 0.15) is 0 Å². The van der Waals surface area contributed by atoms with Crippen LogP contribution in [0, 0.1) is 95.2 Å². The van der Waals surface area contributed by atoms with Gasteiger partial charge in [-0.1, -0.05) is 185 Å². The normalized spacial score (nSPS) is 29.3. The van der Waals surface area contributed by atoms with E-state index in [2.05, 4.69) is 164 Å². The number of terminal acetylenes is 3. The molecule has 4 aliphatic carbocycles. The largest absolute Gasteiger partial charge is 0.382 e. The molecule has 8 unspecified atom stereocenters. The van der Waals surface area contributed by atoms with Crippen molar-refractivity contribution in [3.05, 3.63) is 113 Å². The zero-order valence-electron chi connectivity index (χ0n) is 44.1. The van der Waals surface area contributed by atoms with Gasteiger partial charge in [-0.2, -0.15) is 0 Å². The quantitative estimate of drug-likeness (QED) is 0.193. The smallest absolute Gasteiger partial charge is 0.0484 e. The first-order chi connectivity index (χ1) is 30.1. The molecule has 1 aromatic rings. The molecule has 1 N–H and O–H groups in total. The minimum atomic E-state index is -0.174. The molecule has 1 aliphatic heterocycles. The third-order valence-corrected chi connectivity index (χ3v) is 15.4. The SMILES string of the molecule is C#C.C#C.C#CC12CC3C4CCC4CC(C)C3(C)C(=C)C(CC(=C)C)C(=C(C)[C@@H](CC(=C)CC3C=C(C)C=C(CC(C)(C)C)N3)C1)C2(C)C.C=C(CC)c1ccccc1.CC.CCC. The summed E-state index contributed by atoms with van der Waals surface area (Å²) in [6.45, 7) is 52.5. The van der Waals surface area contributed by atoms with Crippen molar-refractivity contribution in [1.82, 2.24) is 5.32 Å². The molecule has 9 atom stereocenters. The molecule has 3 saturated carbocycles. The van der Waals surface area contributed by atoms with E-state index < -0.39 is 0 Å². The predicted octanol–water partition coefficient (Wildman–Crippen LogP) is 17.8. The Balaban J connectivity index is 0.000000910. The number of fused-ring (bicyclic) bond motifs is 5. The van der Waals surface area contributed by atoms with E-state index in [1.807, 2.05) is 32.0 Å². The zero-order chi connectivity index (χ0) is 49.4. The van der Waals surface area contributed by atoms with Gasteiger partial charge in [0.25, 0.3) is 0 Å². The van der Waals surface area contributed by atoms with Crippen molar-refractivity contribution in [3.8, 4) is 38.0 Å². The highest BCUT2D eigenvalue weighted by Crippen LogP contribution is 2.71. The number of rotatable bonds is 9. The van der Waals surface area contributed by atoms with E-state index >= 15 is 0 Å². The number of allylic oxidation sites excluding steroid dienone is 8. The maximum absolute atomic E-state index is 6.83. The molecule has 0 spiro atoms. The van der Waals surface area contributed by atoms with Crippen LogP contribution in [0.15, 0.2) is 108 Å². The number of hydrogen-bond acceptors (Lipinski definition) is 1. The minimum Gasteiger partial charge on any atom is -0.382 e. The fourth-order valence-electron chi connectivity index (χ4n) is 12.1. The van der Waals surface area contributed by atoms with Crippen LogP contribution in [0.25, 0.3) is 5.57 Å². The first-order valence-electron chi connectivity index (χ1n) is 24.8. The molecule has 0 saturated heterocycles. The second-order valence-electron chi connectivity index (χ2n) is 21.6. The lowest BCUT2D eigenvalue weighted by atomic mass is 9.38. The van der Waals surface area contributed by atoms with Crippen molar-refractivity contribution in [3.63, 3.8) is 0 Å². The molecule has 352 valence electrons. The van der Waals surface area contributed by atoms with Gasteiger partial charge in [-0.05, 0) is 143 Å². The van der Waals surface area contributed by atoms with Gasteiger partial charge in [-0.15, -0.1) is 38.7 Å². The van der Waals surface area contributed by atoms with Crippen LogP contribution in [0.3, 0.4) is 0 Å². The summed E-state index contributed by atoms with van der Waals surface area (Å²) in [5.74, 6) is 7.22. The summed E-state index contributed by atoms with van der Waals surface area (Å²) in [7, 11) is 0. The fraction of sp³-hybridized carbons (Fsp3) is 0.587. The van der Waals surface area contributed by atoms with Gasteiger partial charge in [0.2, 0.25) is 0 Å². The Morgan fingerprint density at radius 1 is 0.891 bits per heavy atom. The van der Waals surface area contributed by atoms with Crippen LogP contribution in [0.2, 0.25) is 0 Å². The summed E-state index contributed by atoms with van der Waals surface area (Å²) in [5, 5.41) is 3.86. The van der Waals surface area contributed by atoms with E-state index in [1.54, 1.807) is 11.1 Å². The summed E-state index contributed by atoms with van der Waals surface area (Å²) in [6, 6.07) is 10.6. The van der Waals surface area contributed by atoms with Crippen molar-refractivity contribution in [2.45, 2.75) is 181 Å². The van der Waals surface area contributed by atoms with E-state index in [1.165, 1.54) is 64.8 Å². The van der Waals surface area contributed by atoms with E-state index in [-0.39, 0.29) is 21.7 Å². The highest BCUT2D eigenvalue weighted by molar-refractivity contribution is 5.62. The Morgan fingerprint density at radius 3 is 1.95 bits per heavy atom.